The fourth-order valence-electron chi connectivity index (χ4n) is 3.87. The number of furan rings is 1. The van der Waals surface area contributed by atoms with E-state index in [0.717, 1.165) is 11.1 Å². The lowest BCUT2D eigenvalue weighted by molar-refractivity contribution is -0.137. The Kier molecular flexibility index (Phi) is 8.19. The van der Waals surface area contributed by atoms with E-state index < -0.39 is 18.4 Å². The second-order valence-electron chi connectivity index (χ2n) is 8.59. The van der Waals surface area contributed by atoms with E-state index >= 15 is 0 Å². The number of nitrogens with zero attached hydrogens (tertiary/aromatic N) is 1. The zero-order chi connectivity index (χ0) is 27.7. The molecular formula is C31H31NO5. The van der Waals surface area contributed by atoms with Crippen LogP contribution in [0.3, 0.4) is 0 Å². The summed E-state index contributed by atoms with van der Waals surface area (Å²) >= 11 is 0. The first-order chi connectivity index (χ1) is 18.9. The molecule has 3 aromatic carbocycles. The Balaban J connectivity index is 1.59. The van der Waals surface area contributed by atoms with E-state index in [9.17, 15) is 9.59 Å². The van der Waals surface area contributed by atoms with Crippen molar-refractivity contribution in [3.05, 3.63) is 114 Å². The predicted molar refractivity (Wildman–Crippen MR) is 142 cm³/mol. The molecule has 0 aliphatic rings. The molecule has 1 amide bonds. The quantitative estimate of drug-likeness (QED) is 0.204. The minimum Gasteiger partial charge on any atom is -0.493 e. The minimum absolute atomic E-state index is 0.0517. The lowest BCUT2D eigenvalue weighted by atomic mass is 10.1. The zero-order valence-electron chi connectivity index (χ0n) is 22.5. The fourth-order valence-corrected chi connectivity index (χ4v) is 3.87. The summed E-state index contributed by atoms with van der Waals surface area (Å²) in [7, 11) is 0. The summed E-state index contributed by atoms with van der Waals surface area (Å²) in [6.45, 7) is -1.84. The van der Waals surface area contributed by atoms with Gasteiger partial charge in [-0.25, -0.2) is 0 Å². The molecule has 0 aliphatic carbocycles. The number of carboxylic acid groups (broad SMARTS) is 1. The van der Waals surface area contributed by atoms with Crippen LogP contribution in [0.4, 0.5) is 0 Å². The van der Waals surface area contributed by atoms with Gasteiger partial charge in [-0.2, -0.15) is 0 Å². The van der Waals surface area contributed by atoms with E-state index in [1.165, 1.54) is 4.90 Å². The first-order valence-corrected chi connectivity index (χ1v) is 12.3. The van der Waals surface area contributed by atoms with Gasteiger partial charge in [-0.05, 0) is 55.2 Å². The molecular weight excluding hydrogens is 466 g/mol. The highest BCUT2D eigenvalue weighted by molar-refractivity contribution is 5.94. The maximum absolute atomic E-state index is 13.8. The molecule has 0 radical (unpaired) electrons. The molecule has 0 bridgehead atoms. The monoisotopic (exact) mass is 499 g/mol. The second-order valence-corrected chi connectivity index (χ2v) is 8.59. The molecule has 190 valence electrons. The number of aliphatic carboxylic acids is 1. The summed E-state index contributed by atoms with van der Waals surface area (Å²) in [6.07, 6.45) is 3.57. The Morgan fingerprint density at radius 1 is 0.865 bits per heavy atom. The highest BCUT2D eigenvalue weighted by Crippen LogP contribution is 2.24. The maximum atomic E-state index is 13.8. The third-order valence-corrected chi connectivity index (χ3v) is 5.80. The van der Waals surface area contributed by atoms with Gasteiger partial charge in [0.05, 0.1) is 15.6 Å². The fraction of sp³-hybridized carbons (Fsp3) is 0.226. The first kappa shape index (κ1) is 23.1. The van der Waals surface area contributed by atoms with Crippen molar-refractivity contribution in [2.75, 3.05) is 6.61 Å². The maximum Gasteiger partial charge on any atom is 0.303 e. The standard InChI is InChI=1S/C31H31NO5/c33-30(34)15-5-2-8-20-36-29-13-7-6-12-27(29)23-32(22-24-10-3-1-4-11-24)31(35)26-18-16-25(17-19-26)28-14-9-21-37-28/h1,3-4,6-7,9-14,16-19,21H,2,5,8,15,20,22-23H2,(H,33,34)/i23D2. The molecule has 1 N–H and O–H groups in total. The lowest BCUT2D eigenvalue weighted by Crippen LogP contribution is -2.30. The molecule has 4 rings (SSSR count). The number of benzene rings is 3. The largest absolute Gasteiger partial charge is 0.493 e. The van der Waals surface area contributed by atoms with E-state index in [-0.39, 0.29) is 18.5 Å². The average Bonchev–Trinajstić information content (AvgIpc) is 3.49. The molecule has 0 saturated heterocycles. The molecule has 0 fully saturated rings. The summed E-state index contributed by atoms with van der Waals surface area (Å²) in [5.74, 6) is -0.258. The number of carboxylic acids is 1. The van der Waals surface area contributed by atoms with Gasteiger partial charge in [0, 0.05) is 36.2 Å². The number of hydrogen-bond acceptors (Lipinski definition) is 4. The zero-order valence-corrected chi connectivity index (χ0v) is 20.5. The summed E-state index contributed by atoms with van der Waals surface area (Å²) in [6, 6.07) is 26.6. The summed E-state index contributed by atoms with van der Waals surface area (Å²) in [4.78, 5) is 25.8. The second kappa shape index (κ2) is 13.1. The molecule has 0 atom stereocenters. The number of carbonyl (C=O) groups excluding carboxylic acids is 1. The Morgan fingerprint density at radius 2 is 1.62 bits per heavy atom. The minimum atomic E-state index is -2.20. The Bertz CT molecular complexity index is 1360. The molecule has 0 unspecified atom stereocenters. The average molecular weight is 500 g/mol. The van der Waals surface area contributed by atoms with Gasteiger partial charge in [0.1, 0.15) is 11.5 Å². The van der Waals surface area contributed by atoms with Crippen molar-refractivity contribution >= 4 is 11.9 Å². The molecule has 0 aliphatic heterocycles. The van der Waals surface area contributed by atoms with Crippen LogP contribution in [0.15, 0.2) is 102 Å². The van der Waals surface area contributed by atoms with Gasteiger partial charge in [0.15, 0.2) is 0 Å². The van der Waals surface area contributed by atoms with Crippen molar-refractivity contribution in [1.82, 2.24) is 4.90 Å². The highest BCUT2D eigenvalue weighted by Gasteiger charge is 2.19. The molecule has 1 aromatic heterocycles. The molecule has 1 heterocycles. The Morgan fingerprint density at radius 3 is 2.35 bits per heavy atom. The summed E-state index contributed by atoms with van der Waals surface area (Å²) < 4.78 is 29.7. The van der Waals surface area contributed by atoms with E-state index in [2.05, 4.69) is 0 Å². The van der Waals surface area contributed by atoms with Gasteiger partial charge < -0.3 is 19.2 Å². The Labute approximate surface area is 219 Å². The number of hydrogen-bond donors (Lipinski definition) is 1. The van der Waals surface area contributed by atoms with Crippen molar-refractivity contribution in [1.29, 1.82) is 0 Å². The molecule has 0 saturated carbocycles. The van der Waals surface area contributed by atoms with E-state index in [1.807, 2.05) is 36.4 Å². The van der Waals surface area contributed by atoms with Crippen LogP contribution in [0.25, 0.3) is 11.3 Å². The normalized spacial score (nSPS) is 11.9. The molecule has 4 aromatic rings. The third-order valence-electron chi connectivity index (χ3n) is 5.80. The summed E-state index contributed by atoms with van der Waals surface area (Å²) in [5, 5.41) is 8.81. The van der Waals surface area contributed by atoms with Crippen LogP contribution >= 0.6 is 0 Å². The Hall–Kier alpha value is -4.32. The van der Waals surface area contributed by atoms with Gasteiger partial charge in [-0.3, -0.25) is 9.59 Å². The topological polar surface area (TPSA) is 80.0 Å². The van der Waals surface area contributed by atoms with Gasteiger partial charge in [0.25, 0.3) is 5.91 Å². The number of rotatable bonds is 13. The smallest absolute Gasteiger partial charge is 0.303 e. The number of unbranched alkanes of at least 4 members (excludes halogenated alkanes) is 2. The van der Waals surface area contributed by atoms with Gasteiger partial charge in [0.2, 0.25) is 0 Å². The number of carbonyl (C=O) groups is 2. The summed E-state index contributed by atoms with van der Waals surface area (Å²) in [5.41, 5.74) is 2.20. The van der Waals surface area contributed by atoms with E-state index in [4.69, 9.17) is 17.0 Å². The van der Waals surface area contributed by atoms with Gasteiger partial charge >= 0.3 is 5.97 Å². The molecule has 6 nitrogen and oxygen atoms in total. The third kappa shape index (κ3) is 7.58. The number of ether oxygens (including phenoxy) is 1. The van der Waals surface area contributed by atoms with Gasteiger partial charge in [-0.15, -0.1) is 0 Å². The first-order valence-electron chi connectivity index (χ1n) is 13.3. The van der Waals surface area contributed by atoms with Crippen molar-refractivity contribution in [2.45, 2.75) is 38.7 Å². The molecule has 0 spiro atoms. The van der Waals surface area contributed by atoms with Crippen molar-refractivity contribution in [3.8, 4) is 17.1 Å². The van der Waals surface area contributed by atoms with Crippen molar-refractivity contribution in [2.24, 2.45) is 0 Å². The van der Waals surface area contributed by atoms with Gasteiger partial charge in [-0.1, -0.05) is 60.7 Å². The number of amides is 1. The molecule has 37 heavy (non-hydrogen) atoms. The van der Waals surface area contributed by atoms with Crippen molar-refractivity contribution < 1.29 is 26.6 Å². The van der Waals surface area contributed by atoms with Crippen LogP contribution in [0, 0.1) is 0 Å². The van der Waals surface area contributed by atoms with Crippen LogP contribution in [0.1, 0.15) is 49.9 Å². The van der Waals surface area contributed by atoms with Crippen LogP contribution in [-0.4, -0.2) is 28.5 Å². The number of para-hydroxylation sites is 1. The van der Waals surface area contributed by atoms with Crippen LogP contribution in [-0.2, 0) is 17.8 Å². The highest BCUT2D eigenvalue weighted by atomic mass is 16.5. The van der Waals surface area contributed by atoms with E-state index in [0.29, 0.717) is 42.9 Å². The van der Waals surface area contributed by atoms with Crippen LogP contribution in [0.5, 0.6) is 5.75 Å². The lowest BCUT2D eigenvalue weighted by Gasteiger charge is -2.24. The van der Waals surface area contributed by atoms with Crippen LogP contribution < -0.4 is 4.74 Å². The predicted octanol–water partition coefficient (Wildman–Crippen LogP) is 6.81. The van der Waals surface area contributed by atoms with Crippen molar-refractivity contribution in [3.63, 3.8) is 0 Å². The molecule has 6 heteroatoms. The van der Waals surface area contributed by atoms with E-state index in [1.54, 1.807) is 60.9 Å². The van der Waals surface area contributed by atoms with Crippen LogP contribution in [0.2, 0.25) is 0 Å². The SMILES string of the molecule is [2H]C([2H])(c1ccccc1OCCCCCC(=O)O)N(Cc1ccccc1)C(=O)c1ccc(-c2ccco2)cc1.